The molecule has 13 heavy (non-hydrogen) atoms. The Morgan fingerprint density at radius 1 is 1.31 bits per heavy atom. The largest absolute Gasteiger partial charge is 0.507 e. The first-order valence-electron chi connectivity index (χ1n) is 3.67. The molecule has 3 nitrogen and oxygen atoms in total. The molecule has 0 saturated carbocycles. The SMILES string of the molecule is Oc1cc(F)ccc1-c1ccno1. The molecular formula is C9H6FNO2. The van der Waals surface area contributed by atoms with Crippen LogP contribution in [-0.2, 0) is 0 Å². The van der Waals surface area contributed by atoms with Crippen LogP contribution in [0.4, 0.5) is 4.39 Å². The first-order chi connectivity index (χ1) is 6.27. The average molecular weight is 179 g/mol. The van der Waals surface area contributed by atoms with E-state index in [1.165, 1.54) is 18.3 Å². The van der Waals surface area contributed by atoms with E-state index in [1.807, 2.05) is 0 Å². The van der Waals surface area contributed by atoms with Crippen LogP contribution in [0.5, 0.6) is 5.75 Å². The van der Waals surface area contributed by atoms with Gasteiger partial charge < -0.3 is 9.63 Å². The van der Waals surface area contributed by atoms with Crippen molar-refractivity contribution in [2.45, 2.75) is 0 Å². The van der Waals surface area contributed by atoms with Crippen molar-refractivity contribution in [3.05, 3.63) is 36.3 Å². The third kappa shape index (κ3) is 1.38. The second-order valence-electron chi connectivity index (χ2n) is 2.54. The van der Waals surface area contributed by atoms with Crippen LogP contribution in [0.25, 0.3) is 11.3 Å². The third-order valence-corrected chi connectivity index (χ3v) is 1.66. The summed E-state index contributed by atoms with van der Waals surface area (Å²) in [6, 6.07) is 5.30. The molecule has 0 unspecified atom stereocenters. The normalized spacial score (nSPS) is 10.2. The lowest BCUT2D eigenvalue weighted by atomic mass is 10.1. The third-order valence-electron chi connectivity index (χ3n) is 1.66. The molecule has 0 radical (unpaired) electrons. The number of halogens is 1. The second kappa shape index (κ2) is 2.90. The molecule has 0 spiro atoms. The number of nitrogens with zero attached hydrogens (tertiary/aromatic N) is 1. The van der Waals surface area contributed by atoms with Gasteiger partial charge in [0, 0.05) is 12.1 Å². The Kier molecular flexibility index (Phi) is 1.73. The Morgan fingerprint density at radius 2 is 2.15 bits per heavy atom. The predicted molar refractivity (Wildman–Crippen MR) is 43.6 cm³/mol. The Morgan fingerprint density at radius 3 is 2.77 bits per heavy atom. The quantitative estimate of drug-likeness (QED) is 0.729. The van der Waals surface area contributed by atoms with E-state index in [0.717, 1.165) is 6.07 Å². The van der Waals surface area contributed by atoms with Crippen LogP contribution in [0.1, 0.15) is 0 Å². The van der Waals surface area contributed by atoms with Crippen LogP contribution in [0.15, 0.2) is 35.0 Å². The summed E-state index contributed by atoms with van der Waals surface area (Å²) in [6.07, 6.45) is 1.46. The molecule has 2 rings (SSSR count). The van der Waals surface area contributed by atoms with Crippen LogP contribution in [0, 0.1) is 5.82 Å². The summed E-state index contributed by atoms with van der Waals surface area (Å²) in [4.78, 5) is 0. The van der Waals surface area contributed by atoms with Gasteiger partial charge in [-0.1, -0.05) is 5.16 Å². The van der Waals surface area contributed by atoms with Gasteiger partial charge in [0.05, 0.1) is 11.8 Å². The Balaban J connectivity index is 2.53. The van der Waals surface area contributed by atoms with E-state index in [2.05, 4.69) is 5.16 Å². The van der Waals surface area contributed by atoms with Gasteiger partial charge >= 0.3 is 0 Å². The van der Waals surface area contributed by atoms with Crippen LogP contribution in [0.3, 0.4) is 0 Å². The van der Waals surface area contributed by atoms with E-state index in [9.17, 15) is 9.50 Å². The average Bonchev–Trinajstić information content (AvgIpc) is 2.56. The van der Waals surface area contributed by atoms with E-state index in [-0.39, 0.29) is 5.75 Å². The fraction of sp³-hybridized carbons (Fsp3) is 0. The maximum Gasteiger partial charge on any atom is 0.170 e. The number of phenols is 1. The monoisotopic (exact) mass is 179 g/mol. The molecule has 1 N–H and O–H groups in total. The van der Waals surface area contributed by atoms with Gasteiger partial charge in [-0.25, -0.2) is 4.39 Å². The number of hydrogen-bond acceptors (Lipinski definition) is 3. The fourth-order valence-electron chi connectivity index (χ4n) is 1.07. The zero-order chi connectivity index (χ0) is 9.26. The molecule has 0 aliphatic heterocycles. The summed E-state index contributed by atoms with van der Waals surface area (Å²) in [7, 11) is 0. The highest BCUT2D eigenvalue weighted by molar-refractivity contribution is 5.64. The van der Waals surface area contributed by atoms with Crippen molar-refractivity contribution >= 4 is 0 Å². The maximum absolute atomic E-state index is 12.6. The summed E-state index contributed by atoms with van der Waals surface area (Å²) < 4.78 is 17.4. The van der Waals surface area contributed by atoms with Crippen LogP contribution in [-0.4, -0.2) is 10.3 Å². The Bertz CT molecular complexity index is 412. The minimum absolute atomic E-state index is 0.156. The van der Waals surface area contributed by atoms with Gasteiger partial charge in [-0.3, -0.25) is 0 Å². The molecule has 0 aliphatic rings. The van der Waals surface area contributed by atoms with Gasteiger partial charge in [0.25, 0.3) is 0 Å². The molecule has 1 heterocycles. The summed E-state index contributed by atoms with van der Waals surface area (Å²) in [5, 5.41) is 12.8. The highest BCUT2D eigenvalue weighted by atomic mass is 19.1. The topological polar surface area (TPSA) is 46.3 Å². The van der Waals surface area contributed by atoms with E-state index < -0.39 is 5.82 Å². The maximum atomic E-state index is 12.6. The molecule has 0 amide bonds. The van der Waals surface area contributed by atoms with Crippen LogP contribution < -0.4 is 0 Å². The van der Waals surface area contributed by atoms with Gasteiger partial charge in [0.1, 0.15) is 11.6 Å². The van der Waals surface area contributed by atoms with Crippen molar-refractivity contribution in [2.75, 3.05) is 0 Å². The first kappa shape index (κ1) is 7.79. The predicted octanol–water partition coefficient (Wildman–Crippen LogP) is 2.19. The lowest BCUT2D eigenvalue weighted by Crippen LogP contribution is -1.78. The Hall–Kier alpha value is -1.84. The minimum Gasteiger partial charge on any atom is -0.507 e. The Labute approximate surface area is 73.4 Å². The molecule has 0 saturated heterocycles. The van der Waals surface area contributed by atoms with Gasteiger partial charge in [-0.15, -0.1) is 0 Å². The molecule has 0 bridgehead atoms. The number of rotatable bonds is 1. The van der Waals surface area contributed by atoms with Gasteiger partial charge in [-0.2, -0.15) is 0 Å². The molecule has 0 atom stereocenters. The summed E-state index contributed by atoms with van der Waals surface area (Å²) in [5.41, 5.74) is 0.430. The summed E-state index contributed by atoms with van der Waals surface area (Å²) in [5.74, 6) is -0.227. The molecule has 1 aromatic heterocycles. The van der Waals surface area contributed by atoms with Gasteiger partial charge in [-0.05, 0) is 12.1 Å². The number of aromatic hydroxyl groups is 1. The first-order valence-corrected chi connectivity index (χ1v) is 3.67. The zero-order valence-electron chi connectivity index (χ0n) is 6.57. The van der Waals surface area contributed by atoms with Crippen LogP contribution in [0.2, 0.25) is 0 Å². The van der Waals surface area contributed by atoms with Crippen molar-refractivity contribution in [1.29, 1.82) is 0 Å². The van der Waals surface area contributed by atoms with Crippen molar-refractivity contribution in [3.63, 3.8) is 0 Å². The second-order valence-corrected chi connectivity index (χ2v) is 2.54. The van der Waals surface area contributed by atoms with Crippen molar-refractivity contribution < 1.29 is 14.0 Å². The summed E-state index contributed by atoms with van der Waals surface area (Å²) in [6.45, 7) is 0. The van der Waals surface area contributed by atoms with Crippen LogP contribution >= 0.6 is 0 Å². The number of phenolic OH excluding ortho intramolecular Hbond substituents is 1. The number of hydrogen-bond donors (Lipinski definition) is 1. The fourth-order valence-corrected chi connectivity index (χ4v) is 1.07. The number of aromatic nitrogens is 1. The summed E-state index contributed by atoms with van der Waals surface area (Å²) >= 11 is 0. The van der Waals surface area contributed by atoms with E-state index >= 15 is 0 Å². The van der Waals surface area contributed by atoms with E-state index in [0.29, 0.717) is 11.3 Å². The smallest absolute Gasteiger partial charge is 0.170 e. The molecule has 1 aromatic carbocycles. The zero-order valence-corrected chi connectivity index (χ0v) is 6.57. The highest BCUT2D eigenvalue weighted by Gasteiger charge is 2.07. The van der Waals surface area contributed by atoms with Gasteiger partial charge in [0.2, 0.25) is 0 Å². The molecule has 0 fully saturated rings. The highest BCUT2D eigenvalue weighted by Crippen LogP contribution is 2.28. The number of benzene rings is 1. The van der Waals surface area contributed by atoms with Crippen molar-refractivity contribution in [1.82, 2.24) is 5.16 Å². The molecule has 66 valence electrons. The molecule has 4 heteroatoms. The molecule has 2 aromatic rings. The lowest BCUT2D eigenvalue weighted by molar-refractivity contribution is 0.425. The van der Waals surface area contributed by atoms with E-state index in [4.69, 9.17) is 4.52 Å². The van der Waals surface area contributed by atoms with Crippen molar-refractivity contribution in [3.8, 4) is 17.1 Å². The minimum atomic E-state index is -0.485. The lowest BCUT2D eigenvalue weighted by Gasteiger charge is -1.98. The molecular weight excluding hydrogens is 173 g/mol. The standard InChI is InChI=1S/C9H6FNO2/c10-6-1-2-7(8(12)5-6)9-3-4-11-13-9/h1-5,12H. The van der Waals surface area contributed by atoms with Gasteiger partial charge in [0.15, 0.2) is 5.76 Å². The molecule has 0 aliphatic carbocycles. The van der Waals surface area contributed by atoms with E-state index in [1.54, 1.807) is 6.07 Å². The van der Waals surface area contributed by atoms with Crippen molar-refractivity contribution in [2.24, 2.45) is 0 Å².